The summed E-state index contributed by atoms with van der Waals surface area (Å²) in [4.78, 5) is 6.24. The Kier molecular flexibility index (Phi) is 4.32. The number of aromatic nitrogens is 1. The normalized spacial score (nSPS) is 22.2. The predicted molar refractivity (Wildman–Crippen MR) is 113 cm³/mol. The molecule has 128 valence electrons. The van der Waals surface area contributed by atoms with Gasteiger partial charge in [0.1, 0.15) is 0 Å². The van der Waals surface area contributed by atoms with Gasteiger partial charge < -0.3 is 0 Å². The van der Waals surface area contributed by atoms with Crippen LogP contribution in [0.4, 0.5) is 0 Å². The van der Waals surface area contributed by atoms with E-state index in [9.17, 15) is 0 Å². The van der Waals surface area contributed by atoms with Crippen LogP contribution in [0.1, 0.15) is 35.5 Å². The molecule has 1 unspecified atom stereocenters. The topological polar surface area (TPSA) is 12.9 Å². The van der Waals surface area contributed by atoms with E-state index in [4.69, 9.17) is 4.98 Å². The second-order valence-corrected chi connectivity index (χ2v) is 9.89. The van der Waals surface area contributed by atoms with Gasteiger partial charge in [-0.15, -0.1) is 11.3 Å². The van der Waals surface area contributed by atoms with Crippen LogP contribution in [-0.4, -0.2) is 4.98 Å². The van der Waals surface area contributed by atoms with Gasteiger partial charge >= 0.3 is 0 Å². The molecule has 26 heavy (non-hydrogen) atoms. The number of fused-ring (bicyclic) bond motifs is 1. The van der Waals surface area contributed by atoms with Gasteiger partial charge in [-0.1, -0.05) is 48.5 Å². The molecule has 1 aromatic carbocycles. The van der Waals surface area contributed by atoms with Gasteiger partial charge in [0, 0.05) is 16.4 Å². The molecule has 0 N–H and O–H groups in total. The second kappa shape index (κ2) is 6.95. The number of rotatable bonds is 3. The molecule has 0 radical (unpaired) electrons. The quantitative estimate of drug-likeness (QED) is 0.476. The first-order chi connectivity index (χ1) is 12.9. The van der Waals surface area contributed by atoms with Crippen LogP contribution in [0.15, 0.2) is 89.5 Å². The Morgan fingerprint density at radius 3 is 2.62 bits per heavy atom. The summed E-state index contributed by atoms with van der Waals surface area (Å²) in [6, 6.07) is 22.0. The van der Waals surface area contributed by atoms with Crippen LogP contribution in [0.2, 0.25) is 0 Å². The molecule has 2 aliphatic rings. The maximum absolute atomic E-state index is 4.80. The molecule has 5 rings (SSSR count). The summed E-state index contributed by atoms with van der Waals surface area (Å²) in [6.45, 7) is 0. The molecule has 0 saturated carbocycles. The molecule has 0 fully saturated rings. The lowest BCUT2D eigenvalue weighted by Crippen LogP contribution is -2.08. The highest BCUT2D eigenvalue weighted by Gasteiger charge is 2.42. The van der Waals surface area contributed by atoms with Gasteiger partial charge in [-0.3, -0.25) is 4.98 Å². The molecular weight excluding hydrogens is 353 g/mol. The molecule has 2 atom stereocenters. The summed E-state index contributed by atoms with van der Waals surface area (Å²) in [5.74, 6) is 0. The molecule has 1 aliphatic carbocycles. The Bertz CT molecular complexity index is 958. The first-order valence-corrected chi connectivity index (χ1v) is 11.5. The van der Waals surface area contributed by atoms with E-state index in [1.54, 1.807) is 16.5 Å². The van der Waals surface area contributed by atoms with Gasteiger partial charge in [-0.2, -0.15) is 0 Å². The van der Waals surface area contributed by atoms with Crippen LogP contribution in [-0.2, 0) is 0 Å². The van der Waals surface area contributed by atoms with Gasteiger partial charge in [0.2, 0.25) is 0 Å². The first kappa shape index (κ1) is 16.2. The van der Waals surface area contributed by atoms with E-state index in [2.05, 4.69) is 66.1 Å². The number of thiophene rings is 1. The fourth-order valence-electron chi connectivity index (χ4n) is 4.13. The highest BCUT2D eigenvalue weighted by Crippen LogP contribution is 2.71. The fraction of sp³-hybridized carbons (Fsp3) is 0.174. The summed E-state index contributed by atoms with van der Waals surface area (Å²) in [5, 5.41) is 5.27. The van der Waals surface area contributed by atoms with Crippen LogP contribution in [0.5, 0.6) is 0 Å². The van der Waals surface area contributed by atoms with Crippen LogP contribution < -0.4 is 5.30 Å². The van der Waals surface area contributed by atoms with Gasteiger partial charge in [0.05, 0.1) is 11.4 Å². The molecular formula is C23H20NPS. The monoisotopic (exact) mass is 373 g/mol. The lowest BCUT2D eigenvalue weighted by atomic mass is 9.90. The third kappa shape index (κ3) is 2.69. The highest BCUT2D eigenvalue weighted by molar-refractivity contribution is 7.77. The Labute approximate surface area is 159 Å². The molecule has 3 aromatic rings. The van der Waals surface area contributed by atoms with Crippen molar-refractivity contribution in [1.29, 1.82) is 0 Å². The van der Waals surface area contributed by atoms with Crippen molar-refractivity contribution in [2.24, 2.45) is 0 Å². The van der Waals surface area contributed by atoms with Crippen LogP contribution >= 0.6 is 19.3 Å². The van der Waals surface area contributed by atoms with Crippen molar-refractivity contribution in [1.82, 2.24) is 4.98 Å². The zero-order chi connectivity index (χ0) is 17.3. The van der Waals surface area contributed by atoms with E-state index in [1.165, 1.54) is 35.1 Å². The first-order valence-electron chi connectivity index (χ1n) is 9.16. The van der Waals surface area contributed by atoms with Gasteiger partial charge in [-0.05, 0) is 67.2 Å². The SMILES string of the molecule is C1=C2C(=C(c3cccs3)P(c3ccccc3)[C@@H]2c2ccccn2)CCC1. The number of hydrogen-bond donors (Lipinski definition) is 0. The predicted octanol–water partition coefficient (Wildman–Crippen LogP) is 6.53. The van der Waals surface area contributed by atoms with Crippen molar-refractivity contribution in [3.05, 3.63) is 100 Å². The summed E-state index contributed by atoms with van der Waals surface area (Å²) in [7, 11) is -0.485. The number of hydrogen-bond acceptors (Lipinski definition) is 2. The fourth-order valence-corrected chi connectivity index (χ4v) is 8.38. The summed E-state index contributed by atoms with van der Waals surface area (Å²) < 4.78 is 0. The third-order valence-electron chi connectivity index (χ3n) is 5.18. The van der Waals surface area contributed by atoms with E-state index < -0.39 is 7.92 Å². The number of benzene rings is 1. The van der Waals surface area contributed by atoms with Crippen molar-refractivity contribution in [2.45, 2.75) is 24.9 Å². The van der Waals surface area contributed by atoms with E-state index in [0.717, 1.165) is 0 Å². The number of allylic oxidation sites excluding steroid dienone is 3. The molecule has 3 heterocycles. The standard InChI is InChI=1S/C23H20NPS/c1-2-9-17(10-3-1)25-22(20-13-6-7-15-24-20)18-11-4-5-12-19(18)23(25)21-14-8-16-26-21/h1-3,6-11,13-16,22H,4-5,12H2/t22-,25?/m0/s1. The largest absolute Gasteiger partial charge is 0.260 e. The summed E-state index contributed by atoms with van der Waals surface area (Å²) in [6.07, 6.45) is 8.10. The van der Waals surface area contributed by atoms with Crippen LogP contribution in [0.3, 0.4) is 0 Å². The van der Waals surface area contributed by atoms with Crippen molar-refractivity contribution in [2.75, 3.05) is 0 Å². The van der Waals surface area contributed by atoms with Crippen molar-refractivity contribution in [3.63, 3.8) is 0 Å². The Balaban J connectivity index is 1.76. The maximum Gasteiger partial charge on any atom is 0.0545 e. The molecule has 3 heteroatoms. The van der Waals surface area contributed by atoms with Gasteiger partial charge in [0.25, 0.3) is 0 Å². The molecule has 0 bridgehead atoms. The van der Waals surface area contributed by atoms with Crippen molar-refractivity contribution < 1.29 is 0 Å². The van der Waals surface area contributed by atoms with Crippen molar-refractivity contribution >= 4 is 29.9 Å². The molecule has 0 saturated heterocycles. The van der Waals surface area contributed by atoms with Crippen LogP contribution in [0.25, 0.3) is 5.31 Å². The van der Waals surface area contributed by atoms with Crippen LogP contribution in [0, 0.1) is 0 Å². The van der Waals surface area contributed by atoms with E-state index in [-0.39, 0.29) is 0 Å². The van der Waals surface area contributed by atoms with Gasteiger partial charge in [-0.25, -0.2) is 0 Å². The minimum Gasteiger partial charge on any atom is -0.260 e. The number of pyridine rings is 1. The Morgan fingerprint density at radius 2 is 1.85 bits per heavy atom. The molecule has 1 aliphatic heterocycles. The summed E-state index contributed by atoms with van der Waals surface area (Å²) >= 11 is 1.88. The zero-order valence-corrected chi connectivity index (χ0v) is 16.2. The summed E-state index contributed by atoms with van der Waals surface area (Å²) in [5.41, 5.74) is 4.76. The zero-order valence-electron chi connectivity index (χ0n) is 14.5. The molecule has 0 spiro atoms. The second-order valence-electron chi connectivity index (χ2n) is 6.72. The van der Waals surface area contributed by atoms with E-state index >= 15 is 0 Å². The third-order valence-corrected chi connectivity index (χ3v) is 9.12. The van der Waals surface area contributed by atoms with E-state index in [0.29, 0.717) is 5.66 Å². The highest BCUT2D eigenvalue weighted by atomic mass is 32.1. The average Bonchev–Trinajstić information content (AvgIpc) is 3.35. The molecule has 0 amide bonds. The number of nitrogens with zero attached hydrogens (tertiary/aromatic N) is 1. The maximum atomic E-state index is 4.80. The lowest BCUT2D eigenvalue weighted by Gasteiger charge is -2.24. The lowest BCUT2D eigenvalue weighted by molar-refractivity contribution is 0.791. The molecule has 1 nitrogen and oxygen atoms in total. The smallest absolute Gasteiger partial charge is 0.0545 e. The minimum absolute atomic E-state index is 0.390. The Morgan fingerprint density at radius 1 is 0.962 bits per heavy atom. The van der Waals surface area contributed by atoms with Gasteiger partial charge in [0.15, 0.2) is 0 Å². The van der Waals surface area contributed by atoms with E-state index in [1.807, 2.05) is 23.6 Å². The molecule has 2 aromatic heterocycles. The average molecular weight is 373 g/mol. The van der Waals surface area contributed by atoms with Crippen molar-refractivity contribution in [3.8, 4) is 0 Å². The minimum atomic E-state index is -0.485. The Hall–Kier alpha value is -2.02.